The van der Waals surface area contributed by atoms with Crippen molar-refractivity contribution >= 4 is 27.4 Å². The highest BCUT2D eigenvalue weighted by atomic mass is 32.1. The van der Waals surface area contributed by atoms with Gasteiger partial charge in [0.05, 0.1) is 18.1 Å². The van der Waals surface area contributed by atoms with E-state index in [4.69, 9.17) is 10.5 Å². The molecule has 2 N–H and O–H groups in total. The van der Waals surface area contributed by atoms with Gasteiger partial charge in [-0.3, -0.25) is 0 Å². The Hall–Kier alpha value is -1.24. The lowest BCUT2D eigenvalue weighted by Crippen LogP contribution is -2.46. The van der Waals surface area contributed by atoms with Crippen molar-refractivity contribution in [2.24, 2.45) is 5.73 Å². The van der Waals surface area contributed by atoms with Crippen LogP contribution in [-0.4, -0.2) is 42.3 Å². The van der Waals surface area contributed by atoms with Crippen LogP contribution < -0.4 is 10.6 Å². The molecule has 1 atom stereocenters. The van der Waals surface area contributed by atoms with E-state index < -0.39 is 0 Å². The molecule has 3 heterocycles. The summed E-state index contributed by atoms with van der Waals surface area (Å²) in [7, 11) is 0. The molecule has 19 heavy (non-hydrogen) atoms. The topological polar surface area (TPSA) is 64.3 Å². The van der Waals surface area contributed by atoms with Crippen molar-refractivity contribution in [3.8, 4) is 0 Å². The van der Waals surface area contributed by atoms with Crippen molar-refractivity contribution < 1.29 is 4.74 Å². The number of aryl methyl sites for hydroxylation is 2. The second kappa shape index (κ2) is 5.03. The van der Waals surface area contributed by atoms with Crippen molar-refractivity contribution in [2.75, 3.05) is 31.1 Å². The fourth-order valence-electron chi connectivity index (χ4n) is 2.46. The Morgan fingerprint density at radius 1 is 1.47 bits per heavy atom. The maximum absolute atomic E-state index is 5.71. The SMILES string of the molecule is Cc1sc2ncnc(N3CCOC(CN)C3)c2c1C. The highest BCUT2D eigenvalue weighted by Crippen LogP contribution is 2.34. The molecule has 6 heteroatoms. The van der Waals surface area contributed by atoms with Gasteiger partial charge in [0.1, 0.15) is 17.0 Å². The summed E-state index contributed by atoms with van der Waals surface area (Å²) >= 11 is 1.73. The zero-order valence-electron chi connectivity index (χ0n) is 11.2. The molecule has 0 radical (unpaired) electrons. The van der Waals surface area contributed by atoms with E-state index in [1.165, 1.54) is 15.8 Å². The normalized spacial score (nSPS) is 20.2. The predicted octanol–water partition coefficient (Wildman–Crippen LogP) is 1.47. The average Bonchev–Trinajstić information content (AvgIpc) is 2.74. The number of nitrogens with two attached hydrogens (primary N) is 1. The van der Waals surface area contributed by atoms with Crippen LogP contribution in [0.5, 0.6) is 0 Å². The molecule has 1 aliphatic heterocycles. The van der Waals surface area contributed by atoms with Crippen LogP contribution in [0, 0.1) is 13.8 Å². The van der Waals surface area contributed by atoms with Crippen molar-refractivity contribution in [2.45, 2.75) is 20.0 Å². The van der Waals surface area contributed by atoms with E-state index in [1.54, 1.807) is 17.7 Å². The first-order valence-corrected chi connectivity index (χ1v) is 7.29. The van der Waals surface area contributed by atoms with Gasteiger partial charge >= 0.3 is 0 Å². The number of anilines is 1. The van der Waals surface area contributed by atoms with Gasteiger partial charge in [0.25, 0.3) is 0 Å². The molecule has 5 nitrogen and oxygen atoms in total. The van der Waals surface area contributed by atoms with Crippen LogP contribution >= 0.6 is 11.3 Å². The second-order valence-electron chi connectivity index (χ2n) is 4.84. The molecule has 0 spiro atoms. The predicted molar refractivity (Wildman–Crippen MR) is 77.9 cm³/mol. The van der Waals surface area contributed by atoms with Gasteiger partial charge in [-0.2, -0.15) is 0 Å². The summed E-state index contributed by atoms with van der Waals surface area (Å²) in [5, 5.41) is 1.18. The minimum atomic E-state index is 0.0961. The number of rotatable bonds is 2. The van der Waals surface area contributed by atoms with E-state index in [2.05, 4.69) is 28.7 Å². The highest BCUT2D eigenvalue weighted by molar-refractivity contribution is 7.18. The third-order valence-corrected chi connectivity index (χ3v) is 4.76. The molecule has 0 aromatic carbocycles. The minimum Gasteiger partial charge on any atom is -0.373 e. The lowest BCUT2D eigenvalue weighted by molar-refractivity contribution is 0.0464. The Bertz CT molecular complexity index is 598. The number of ether oxygens (including phenoxy) is 1. The van der Waals surface area contributed by atoms with E-state index in [0.29, 0.717) is 13.2 Å². The molecule has 3 rings (SSSR count). The van der Waals surface area contributed by atoms with Crippen LogP contribution in [0.15, 0.2) is 6.33 Å². The molecule has 2 aromatic rings. The summed E-state index contributed by atoms with van der Waals surface area (Å²) in [5.41, 5.74) is 6.99. The zero-order valence-corrected chi connectivity index (χ0v) is 12.0. The molecule has 0 bridgehead atoms. The lowest BCUT2D eigenvalue weighted by atomic mass is 10.2. The monoisotopic (exact) mass is 278 g/mol. The van der Waals surface area contributed by atoms with Gasteiger partial charge in [0, 0.05) is 24.5 Å². The fourth-order valence-corrected chi connectivity index (χ4v) is 3.45. The largest absolute Gasteiger partial charge is 0.373 e. The van der Waals surface area contributed by atoms with Crippen LogP contribution in [0.2, 0.25) is 0 Å². The summed E-state index contributed by atoms with van der Waals surface area (Å²) in [6.45, 7) is 7.19. The molecule has 102 valence electrons. The third-order valence-electron chi connectivity index (χ3n) is 3.65. The molecule has 1 aliphatic rings. The number of thiophene rings is 1. The molecule has 1 saturated heterocycles. The van der Waals surface area contributed by atoms with Gasteiger partial charge in [0.15, 0.2) is 0 Å². The van der Waals surface area contributed by atoms with E-state index in [1.807, 2.05) is 0 Å². The van der Waals surface area contributed by atoms with Crippen LogP contribution in [0.1, 0.15) is 10.4 Å². The number of nitrogens with zero attached hydrogens (tertiary/aromatic N) is 3. The molecule has 0 aliphatic carbocycles. The van der Waals surface area contributed by atoms with Crippen LogP contribution in [0.3, 0.4) is 0 Å². The van der Waals surface area contributed by atoms with Crippen LogP contribution in [0.4, 0.5) is 5.82 Å². The molecule has 2 aromatic heterocycles. The van der Waals surface area contributed by atoms with Crippen molar-refractivity contribution in [1.82, 2.24) is 9.97 Å². The van der Waals surface area contributed by atoms with E-state index >= 15 is 0 Å². The first-order valence-electron chi connectivity index (χ1n) is 6.48. The fraction of sp³-hybridized carbons (Fsp3) is 0.538. The second-order valence-corrected chi connectivity index (χ2v) is 6.04. The molecule has 1 fully saturated rings. The standard InChI is InChI=1S/C13H18N4OS/c1-8-9(2)19-13-11(8)12(15-7-16-13)17-3-4-18-10(5-14)6-17/h7,10H,3-6,14H2,1-2H3. The first kappa shape index (κ1) is 12.8. The van der Waals surface area contributed by atoms with E-state index in [0.717, 1.165) is 23.7 Å². The number of morpholine rings is 1. The molecular weight excluding hydrogens is 260 g/mol. The number of aromatic nitrogens is 2. The van der Waals surface area contributed by atoms with Gasteiger partial charge in [-0.1, -0.05) is 0 Å². The van der Waals surface area contributed by atoms with Gasteiger partial charge in [-0.05, 0) is 19.4 Å². The zero-order chi connectivity index (χ0) is 13.4. The van der Waals surface area contributed by atoms with Crippen LogP contribution in [-0.2, 0) is 4.74 Å². The van der Waals surface area contributed by atoms with Gasteiger partial charge in [-0.15, -0.1) is 11.3 Å². The Kier molecular flexibility index (Phi) is 3.38. The van der Waals surface area contributed by atoms with Gasteiger partial charge in [0.2, 0.25) is 0 Å². The number of fused-ring (bicyclic) bond motifs is 1. The quantitative estimate of drug-likeness (QED) is 0.901. The van der Waals surface area contributed by atoms with Crippen molar-refractivity contribution in [3.05, 3.63) is 16.8 Å². The van der Waals surface area contributed by atoms with E-state index in [9.17, 15) is 0 Å². The Morgan fingerprint density at radius 3 is 3.11 bits per heavy atom. The molecular formula is C13H18N4OS. The summed E-state index contributed by atoms with van der Waals surface area (Å²) in [6, 6.07) is 0. The summed E-state index contributed by atoms with van der Waals surface area (Å²) in [6.07, 6.45) is 1.75. The molecule has 0 saturated carbocycles. The average molecular weight is 278 g/mol. The highest BCUT2D eigenvalue weighted by Gasteiger charge is 2.23. The number of hydrogen-bond donors (Lipinski definition) is 1. The molecule has 1 unspecified atom stereocenters. The first-order chi connectivity index (χ1) is 9.20. The van der Waals surface area contributed by atoms with Crippen molar-refractivity contribution in [1.29, 1.82) is 0 Å². The number of hydrogen-bond acceptors (Lipinski definition) is 6. The summed E-state index contributed by atoms with van der Waals surface area (Å²) < 4.78 is 5.62. The third kappa shape index (κ3) is 2.20. The summed E-state index contributed by atoms with van der Waals surface area (Å²) in [4.78, 5) is 13.5. The maximum Gasteiger partial charge on any atom is 0.141 e. The van der Waals surface area contributed by atoms with Crippen LogP contribution in [0.25, 0.3) is 10.2 Å². The Labute approximate surface area is 116 Å². The summed E-state index contributed by atoms with van der Waals surface area (Å²) in [5.74, 6) is 1.02. The van der Waals surface area contributed by atoms with Crippen molar-refractivity contribution in [3.63, 3.8) is 0 Å². The molecule has 0 amide bonds. The van der Waals surface area contributed by atoms with Gasteiger partial charge < -0.3 is 15.4 Å². The lowest BCUT2D eigenvalue weighted by Gasteiger charge is -2.33. The van der Waals surface area contributed by atoms with E-state index in [-0.39, 0.29) is 6.10 Å². The van der Waals surface area contributed by atoms with Gasteiger partial charge in [-0.25, -0.2) is 9.97 Å². The minimum absolute atomic E-state index is 0.0961. The Balaban J connectivity index is 2.04. The Morgan fingerprint density at radius 2 is 2.32 bits per heavy atom. The smallest absolute Gasteiger partial charge is 0.141 e. The maximum atomic E-state index is 5.71.